The first-order valence-corrected chi connectivity index (χ1v) is 5.48. The number of pyridine rings is 1. The molecule has 0 aliphatic carbocycles. The van der Waals surface area contributed by atoms with E-state index < -0.39 is 0 Å². The van der Waals surface area contributed by atoms with Crippen molar-refractivity contribution in [2.75, 3.05) is 11.1 Å². The van der Waals surface area contributed by atoms with Crippen LogP contribution in [-0.4, -0.2) is 15.9 Å². The summed E-state index contributed by atoms with van der Waals surface area (Å²) < 4.78 is 0. The minimum atomic E-state index is -0.269. The highest BCUT2D eigenvalue weighted by molar-refractivity contribution is 7.13. The van der Waals surface area contributed by atoms with Crippen molar-refractivity contribution >= 4 is 28.1 Å². The summed E-state index contributed by atoms with van der Waals surface area (Å²) in [6.45, 7) is 1.87. The zero-order chi connectivity index (χ0) is 11.5. The molecule has 16 heavy (non-hydrogen) atoms. The number of nitrogens with two attached hydrogens (primary N) is 1. The molecule has 0 spiro atoms. The summed E-state index contributed by atoms with van der Waals surface area (Å²) in [7, 11) is 0. The molecule has 2 aromatic heterocycles. The Labute approximate surface area is 96.3 Å². The molecule has 5 nitrogen and oxygen atoms in total. The first kappa shape index (κ1) is 10.6. The molecule has 0 fully saturated rings. The van der Waals surface area contributed by atoms with Gasteiger partial charge in [0.2, 0.25) is 0 Å². The summed E-state index contributed by atoms with van der Waals surface area (Å²) in [6.07, 6.45) is 2.97. The molecule has 2 rings (SSSR count). The van der Waals surface area contributed by atoms with Crippen molar-refractivity contribution in [3.05, 3.63) is 35.1 Å². The third-order valence-corrected chi connectivity index (χ3v) is 2.81. The predicted octanol–water partition coefficient (Wildman–Crippen LogP) is 1.68. The van der Waals surface area contributed by atoms with Crippen LogP contribution in [0, 0.1) is 6.92 Å². The van der Waals surface area contributed by atoms with Crippen LogP contribution < -0.4 is 11.1 Å². The molecule has 0 unspecified atom stereocenters. The molecule has 0 aliphatic rings. The van der Waals surface area contributed by atoms with Gasteiger partial charge in [-0.1, -0.05) is 0 Å². The van der Waals surface area contributed by atoms with E-state index in [-0.39, 0.29) is 5.91 Å². The molecule has 1 amide bonds. The Morgan fingerprint density at radius 1 is 1.56 bits per heavy atom. The summed E-state index contributed by atoms with van der Waals surface area (Å²) in [6, 6.07) is 1.57. The third-order valence-electron chi connectivity index (χ3n) is 1.94. The van der Waals surface area contributed by atoms with Gasteiger partial charge in [0, 0.05) is 11.6 Å². The number of carbonyl (C=O) groups is 1. The standard InChI is InChI=1S/C10H10N4OS/c1-6-5-16-10(13-6)14-9(15)7-2-3-12-4-8(7)11/h2-5H,11H2,1H3,(H,13,14,15). The van der Waals surface area contributed by atoms with Crippen LogP contribution in [0.25, 0.3) is 0 Å². The zero-order valence-corrected chi connectivity index (χ0v) is 9.41. The fraction of sp³-hybridized carbons (Fsp3) is 0.100. The minimum absolute atomic E-state index is 0.269. The van der Waals surface area contributed by atoms with E-state index in [1.54, 1.807) is 6.07 Å². The molecule has 82 valence electrons. The molecule has 0 saturated carbocycles. The number of anilines is 2. The quantitative estimate of drug-likeness (QED) is 0.828. The van der Waals surface area contributed by atoms with E-state index >= 15 is 0 Å². The normalized spacial score (nSPS) is 10.1. The summed E-state index contributed by atoms with van der Waals surface area (Å²) >= 11 is 1.38. The SMILES string of the molecule is Cc1csc(NC(=O)c2ccncc2N)n1. The van der Waals surface area contributed by atoms with E-state index in [0.717, 1.165) is 5.69 Å². The lowest BCUT2D eigenvalue weighted by atomic mass is 10.2. The minimum Gasteiger partial charge on any atom is -0.397 e. The molecule has 3 N–H and O–H groups in total. The van der Waals surface area contributed by atoms with E-state index in [4.69, 9.17) is 5.73 Å². The van der Waals surface area contributed by atoms with Gasteiger partial charge in [-0.2, -0.15) is 0 Å². The zero-order valence-electron chi connectivity index (χ0n) is 8.60. The van der Waals surface area contributed by atoms with Crippen molar-refractivity contribution in [3.8, 4) is 0 Å². The monoisotopic (exact) mass is 234 g/mol. The van der Waals surface area contributed by atoms with Gasteiger partial charge in [-0.3, -0.25) is 15.1 Å². The van der Waals surface area contributed by atoms with Crippen molar-refractivity contribution in [1.82, 2.24) is 9.97 Å². The van der Waals surface area contributed by atoms with Gasteiger partial charge in [-0.15, -0.1) is 11.3 Å². The number of thiazole rings is 1. The van der Waals surface area contributed by atoms with Crippen LogP contribution in [0.1, 0.15) is 16.1 Å². The van der Waals surface area contributed by atoms with Crippen molar-refractivity contribution in [2.24, 2.45) is 0 Å². The Bertz CT molecular complexity index is 523. The van der Waals surface area contributed by atoms with Gasteiger partial charge >= 0.3 is 0 Å². The van der Waals surface area contributed by atoms with Crippen molar-refractivity contribution < 1.29 is 4.79 Å². The maximum Gasteiger partial charge on any atom is 0.259 e. The summed E-state index contributed by atoms with van der Waals surface area (Å²) in [5, 5.41) is 5.12. The number of nitrogens with zero attached hydrogens (tertiary/aromatic N) is 2. The number of hydrogen-bond acceptors (Lipinski definition) is 5. The van der Waals surface area contributed by atoms with Gasteiger partial charge in [-0.25, -0.2) is 4.98 Å². The van der Waals surface area contributed by atoms with Gasteiger partial charge < -0.3 is 5.73 Å². The Morgan fingerprint density at radius 3 is 3.00 bits per heavy atom. The van der Waals surface area contributed by atoms with Crippen LogP contribution in [-0.2, 0) is 0 Å². The first-order valence-electron chi connectivity index (χ1n) is 4.60. The number of carbonyl (C=O) groups excluding carboxylic acids is 1. The maximum absolute atomic E-state index is 11.8. The van der Waals surface area contributed by atoms with Crippen molar-refractivity contribution in [2.45, 2.75) is 6.92 Å². The summed E-state index contributed by atoms with van der Waals surface area (Å²) in [4.78, 5) is 19.7. The highest BCUT2D eigenvalue weighted by Crippen LogP contribution is 2.17. The Balaban J connectivity index is 2.18. The number of aromatic nitrogens is 2. The lowest BCUT2D eigenvalue weighted by Gasteiger charge is -2.03. The van der Waals surface area contributed by atoms with E-state index in [1.807, 2.05) is 12.3 Å². The fourth-order valence-electron chi connectivity index (χ4n) is 1.19. The molecule has 0 aromatic carbocycles. The smallest absolute Gasteiger partial charge is 0.259 e. The van der Waals surface area contributed by atoms with Gasteiger partial charge in [0.15, 0.2) is 5.13 Å². The number of hydrogen-bond donors (Lipinski definition) is 2. The highest BCUT2D eigenvalue weighted by atomic mass is 32.1. The van der Waals surface area contributed by atoms with Crippen LogP contribution >= 0.6 is 11.3 Å². The highest BCUT2D eigenvalue weighted by Gasteiger charge is 2.10. The molecule has 0 atom stereocenters. The molecule has 2 aromatic rings. The van der Waals surface area contributed by atoms with E-state index in [0.29, 0.717) is 16.4 Å². The molecule has 0 radical (unpaired) electrons. The third kappa shape index (κ3) is 2.17. The van der Waals surface area contributed by atoms with Crippen LogP contribution in [0.2, 0.25) is 0 Å². The van der Waals surface area contributed by atoms with E-state index in [1.165, 1.54) is 23.7 Å². The second-order valence-electron chi connectivity index (χ2n) is 3.21. The Hall–Kier alpha value is -1.95. The maximum atomic E-state index is 11.8. The van der Waals surface area contributed by atoms with Crippen molar-refractivity contribution in [3.63, 3.8) is 0 Å². The average Bonchev–Trinajstić information content (AvgIpc) is 2.64. The van der Waals surface area contributed by atoms with Gasteiger partial charge in [0.1, 0.15) is 0 Å². The second-order valence-corrected chi connectivity index (χ2v) is 4.07. The number of amides is 1. The first-order chi connectivity index (χ1) is 7.66. The molecule has 2 heterocycles. The van der Waals surface area contributed by atoms with Gasteiger partial charge in [-0.05, 0) is 13.0 Å². The largest absolute Gasteiger partial charge is 0.397 e. The van der Waals surface area contributed by atoms with Gasteiger partial charge in [0.05, 0.1) is 23.1 Å². The lowest BCUT2D eigenvalue weighted by Crippen LogP contribution is -2.14. The van der Waals surface area contributed by atoms with E-state index in [2.05, 4.69) is 15.3 Å². The number of aryl methyl sites for hydroxylation is 1. The van der Waals surface area contributed by atoms with E-state index in [9.17, 15) is 4.79 Å². The summed E-state index contributed by atoms with van der Waals surface area (Å²) in [5.74, 6) is -0.269. The Kier molecular flexibility index (Phi) is 2.82. The van der Waals surface area contributed by atoms with Crippen LogP contribution in [0.3, 0.4) is 0 Å². The molecular weight excluding hydrogens is 224 g/mol. The fourth-order valence-corrected chi connectivity index (χ4v) is 1.87. The predicted molar refractivity (Wildman–Crippen MR) is 63.5 cm³/mol. The molecule has 0 bridgehead atoms. The van der Waals surface area contributed by atoms with Crippen molar-refractivity contribution in [1.29, 1.82) is 0 Å². The Morgan fingerprint density at radius 2 is 2.38 bits per heavy atom. The van der Waals surface area contributed by atoms with Crippen LogP contribution in [0.4, 0.5) is 10.8 Å². The summed E-state index contributed by atoms with van der Waals surface area (Å²) in [5.41, 5.74) is 7.28. The van der Waals surface area contributed by atoms with Gasteiger partial charge in [0.25, 0.3) is 5.91 Å². The lowest BCUT2D eigenvalue weighted by molar-refractivity contribution is 0.102. The number of nitrogen functional groups attached to an aromatic ring is 1. The van der Waals surface area contributed by atoms with Crippen LogP contribution in [0.5, 0.6) is 0 Å². The topological polar surface area (TPSA) is 80.9 Å². The molecule has 0 saturated heterocycles. The molecule has 0 aliphatic heterocycles. The average molecular weight is 234 g/mol. The molecule has 6 heteroatoms. The molecular formula is C10H10N4OS. The second kappa shape index (κ2) is 4.28. The number of nitrogens with one attached hydrogen (secondary N) is 1. The number of rotatable bonds is 2. The van der Waals surface area contributed by atoms with Crippen LogP contribution in [0.15, 0.2) is 23.8 Å².